The van der Waals surface area contributed by atoms with Gasteiger partial charge in [0.2, 0.25) is 0 Å². The summed E-state index contributed by atoms with van der Waals surface area (Å²) in [4.78, 5) is 10.2. The molecule has 0 amide bonds. The van der Waals surface area contributed by atoms with Crippen LogP contribution in [0.2, 0.25) is 0 Å². The molecule has 0 atom stereocenters. The first-order chi connectivity index (χ1) is 17.8. The average Bonchev–Trinajstić information content (AvgIpc) is 2.95. The Labute approximate surface area is 207 Å². The predicted octanol–water partition coefficient (Wildman–Crippen LogP) is 9.01. The molecule has 8 rings (SSSR count). The Morgan fingerprint density at radius 1 is 0.361 bits per heavy atom. The van der Waals surface area contributed by atoms with Gasteiger partial charge in [0.05, 0.1) is 22.4 Å². The Bertz CT molecular complexity index is 1960. The predicted molar refractivity (Wildman–Crippen MR) is 152 cm³/mol. The maximum Gasteiger partial charge on any atom is 0.0716 e. The van der Waals surface area contributed by atoms with Crippen molar-refractivity contribution >= 4 is 54.1 Å². The third-order valence-electron chi connectivity index (χ3n) is 7.39. The lowest BCUT2D eigenvalue weighted by molar-refractivity contribution is 1.39. The summed E-state index contributed by atoms with van der Waals surface area (Å²) in [7, 11) is 0. The van der Waals surface area contributed by atoms with Crippen molar-refractivity contribution in [3.63, 3.8) is 0 Å². The second-order valence-electron chi connectivity index (χ2n) is 9.43. The first kappa shape index (κ1) is 19.5. The lowest BCUT2D eigenvalue weighted by atomic mass is 9.87. The van der Waals surface area contributed by atoms with Crippen molar-refractivity contribution in [3.05, 3.63) is 121 Å². The zero-order chi connectivity index (χ0) is 23.6. The number of fused-ring (bicyclic) bond motifs is 2. The van der Waals surface area contributed by atoms with Gasteiger partial charge in [0.15, 0.2) is 0 Å². The summed E-state index contributed by atoms with van der Waals surface area (Å²) in [5, 5.41) is 9.84. The highest BCUT2D eigenvalue weighted by atomic mass is 14.7. The van der Waals surface area contributed by atoms with Crippen molar-refractivity contribution in [1.82, 2.24) is 9.97 Å². The van der Waals surface area contributed by atoms with Crippen molar-refractivity contribution < 1.29 is 0 Å². The third kappa shape index (κ3) is 2.79. The first-order valence-corrected chi connectivity index (χ1v) is 12.3. The molecule has 0 aliphatic carbocycles. The number of hydrogen-bond donors (Lipinski definition) is 0. The fourth-order valence-corrected chi connectivity index (χ4v) is 5.69. The molecule has 2 heteroatoms. The standard InChI is InChI=1S/C34H20N2/c1-3-10-29-21(6-1)14-18-31(35-29)27-20-28(32-19-15-22-7-2-4-11-30(22)36-32)26-17-13-24-9-5-8-23-12-16-25(27)34(26)33(23)24/h1-20H. The van der Waals surface area contributed by atoms with Gasteiger partial charge in [0.1, 0.15) is 0 Å². The van der Waals surface area contributed by atoms with E-state index >= 15 is 0 Å². The van der Waals surface area contributed by atoms with Gasteiger partial charge >= 0.3 is 0 Å². The summed E-state index contributed by atoms with van der Waals surface area (Å²) in [5.41, 5.74) is 6.24. The fraction of sp³-hybridized carbons (Fsp3) is 0. The van der Waals surface area contributed by atoms with E-state index in [9.17, 15) is 0 Å². The summed E-state index contributed by atoms with van der Waals surface area (Å²) in [6.07, 6.45) is 0. The topological polar surface area (TPSA) is 25.8 Å². The van der Waals surface area contributed by atoms with Gasteiger partial charge in [-0.25, -0.2) is 9.97 Å². The molecular formula is C34H20N2. The van der Waals surface area contributed by atoms with Gasteiger partial charge in [-0.05, 0) is 62.6 Å². The van der Waals surface area contributed by atoms with Crippen LogP contribution in [0.15, 0.2) is 121 Å². The smallest absolute Gasteiger partial charge is 0.0716 e. The molecule has 0 aliphatic heterocycles. The average molecular weight is 457 g/mol. The van der Waals surface area contributed by atoms with Gasteiger partial charge in [-0.15, -0.1) is 0 Å². The van der Waals surface area contributed by atoms with Gasteiger partial charge in [0.25, 0.3) is 0 Å². The number of para-hydroxylation sites is 2. The van der Waals surface area contributed by atoms with E-state index in [0.717, 1.165) is 44.3 Å². The molecule has 0 unspecified atom stereocenters. The molecule has 2 heterocycles. The molecule has 0 fully saturated rings. The van der Waals surface area contributed by atoms with E-state index in [1.54, 1.807) is 0 Å². The second kappa shape index (κ2) is 7.34. The Morgan fingerprint density at radius 3 is 1.39 bits per heavy atom. The summed E-state index contributed by atoms with van der Waals surface area (Å²) >= 11 is 0. The molecule has 0 bridgehead atoms. The minimum atomic E-state index is 0.980. The largest absolute Gasteiger partial charge is 0.248 e. The highest BCUT2D eigenvalue weighted by Gasteiger charge is 2.18. The molecule has 0 saturated heterocycles. The lowest BCUT2D eigenvalue weighted by Crippen LogP contribution is -1.94. The minimum Gasteiger partial charge on any atom is -0.248 e. The van der Waals surface area contributed by atoms with Gasteiger partial charge in [0, 0.05) is 21.9 Å². The van der Waals surface area contributed by atoms with E-state index in [-0.39, 0.29) is 0 Å². The molecule has 0 N–H and O–H groups in total. The third-order valence-corrected chi connectivity index (χ3v) is 7.39. The van der Waals surface area contributed by atoms with E-state index in [1.807, 2.05) is 12.1 Å². The number of nitrogens with zero attached hydrogens (tertiary/aromatic N) is 2. The molecule has 0 radical (unpaired) electrons. The van der Waals surface area contributed by atoms with E-state index in [1.165, 1.54) is 32.3 Å². The van der Waals surface area contributed by atoms with Crippen LogP contribution in [-0.2, 0) is 0 Å². The molecule has 166 valence electrons. The highest BCUT2D eigenvalue weighted by molar-refractivity contribution is 6.28. The molecule has 2 aromatic heterocycles. The van der Waals surface area contributed by atoms with Gasteiger partial charge in [-0.3, -0.25) is 0 Å². The Balaban J connectivity index is 1.53. The summed E-state index contributed by atoms with van der Waals surface area (Å²) in [5.74, 6) is 0. The normalized spacial score (nSPS) is 11.9. The van der Waals surface area contributed by atoms with E-state index < -0.39 is 0 Å². The van der Waals surface area contributed by atoms with Crippen LogP contribution in [0.1, 0.15) is 0 Å². The summed E-state index contributed by atoms with van der Waals surface area (Å²) in [6.45, 7) is 0. The maximum atomic E-state index is 5.09. The van der Waals surface area contributed by atoms with Gasteiger partial charge in [-0.1, -0.05) is 91.0 Å². The molecular weight excluding hydrogens is 436 g/mol. The van der Waals surface area contributed by atoms with Crippen LogP contribution >= 0.6 is 0 Å². The van der Waals surface area contributed by atoms with Crippen molar-refractivity contribution in [2.24, 2.45) is 0 Å². The maximum absolute atomic E-state index is 5.09. The van der Waals surface area contributed by atoms with Crippen LogP contribution in [0, 0.1) is 0 Å². The van der Waals surface area contributed by atoms with E-state index in [0.29, 0.717) is 0 Å². The lowest BCUT2D eigenvalue weighted by Gasteiger charge is -2.17. The number of aromatic nitrogens is 2. The number of benzene rings is 6. The Kier molecular flexibility index (Phi) is 3.97. The minimum absolute atomic E-state index is 0.980. The quantitative estimate of drug-likeness (QED) is 0.243. The molecule has 0 aliphatic rings. The van der Waals surface area contributed by atoms with Crippen molar-refractivity contribution in [2.75, 3.05) is 0 Å². The van der Waals surface area contributed by atoms with Gasteiger partial charge < -0.3 is 0 Å². The second-order valence-corrected chi connectivity index (χ2v) is 9.43. The SMILES string of the molecule is c1ccc2nc(-c3cc(-c4ccc5ccccc5n4)c4ccc5cccc6ccc3c4c65)ccc2c1. The van der Waals surface area contributed by atoms with Crippen molar-refractivity contribution in [2.45, 2.75) is 0 Å². The van der Waals surface area contributed by atoms with E-state index in [2.05, 4.69) is 109 Å². The van der Waals surface area contributed by atoms with E-state index in [4.69, 9.17) is 9.97 Å². The monoisotopic (exact) mass is 456 g/mol. The molecule has 0 saturated carbocycles. The van der Waals surface area contributed by atoms with Crippen LogP contribution in [0.5, 0.6) is 0 Å². The van der Waals surface area contributed by atoms with Crippen LogP contribution in [0.25, 0.3) is 76.6 Å². The van der Waals surface area contributed by atoms with Crippen LogP contribution in [0.3, 0.4) is 0 Å². The number of pyridine rings is 2. The number of hydrogen-bond acceptors (Lipinski definition) is 2. The Morgan fingerprint density at radius 2 is 0.833 bits per heavy atom. The molecule has 2 nitrogen and oxygen atoms in total. The summed E-state index contributed by atoms with van der Waals surface area (Å²) < 4.78 is 0. The zero-order valence-electron chi connectivity index (χ0n) is 19.4. The fourth-order valence-electron chi connectivity index (χ4n) is 5.69. The molecule has 6 aromatic carbocycles. The van der Waals surface area contributed by atoms with Crippen LogP contribution in [-0.4, -0.2) is 9.97 Å². The van der Waals surface area contributed by atoms with Gasteiger partial charge in [-0.2, -0.15) is 0 Å². The molecule has 0 spiro atoms. The zero-order valence-corrected chi connectivity index (χ0v) is 19.4. The van der Waals surface area contributed by atoms with Crippen LogP contribution < -0.4 is 0 Å². The first-order valence-electron chi connectivity index (χ1n) is 12.3. The summed E-state index contributed by atoms with van der Waals surface area (Å²) in [6, 6.07) is 43.1. The molecule has 36 heavy (non-hydrogen) atoms. The highest BCUT2D eigenvalue weighted by Crippen LogP contribution is 2.43. The number of rotatable bonds is 2. The molecule has 8 aromatic rings. The van der Waals surface area contributed by atoms with Crippen LogP contribution in [0.4, 0.5) is 0 Å². The Hall–Kier alpha value is -4.82. The van der Waals surface area contributed by atoms with Crippen molar-refractivity contribution in [1.29, 1.82) is 0 Å². The van der Waals surface area contributed by atoms with Crippen molar-refractivity contribution in [3.8, 4) is 22.5 Å².